The minimum absolute atomic E-state index is 0.224. The molecule has 0 spiro atoms. The van der Waals surface area contributed by atoms with Gasteiger partial charge in [-0.15, -0.1) is 0 Å². The molecule has 0 atom stereocenters. The van der Waals surface area contributed by atoms with Crippen molar-refractivity contribution in [2.75, 3.05) is 10.0 Å². The maximum absolute atomic E-state index is 12.5. The predicted octanol–water partition coefficient (Wildman–Crippen LogP) is 3.39. The standard InChI is InChI=1S/C18H21N3O3S/c1-12-3-10-17(11-13(12)2)25(23,24)21-16-8-6-15(7-9-16)20-18(22)19-14-4-5-14/h3,6-11,14,21H,4-5H2,1-2H3,(H2,19,20,22). The van der Waals surface area contributed by atoms with Crippen molar-refractivity contribution in [3.8, 4) is 0 Å². The van der Waals surface area contributed by atoms with Crippen molar-refractivity contribution in [1.29, 1.82) is 0 Å². The highest BCUT2D eigenvalue weighted by Gasteiger charge is 2.23. The van der Waals surface area contributed by atoms with Gasteiger partial charge in [0, 0.05) is 17.4 Å². The average Bonchev–Trinajstić information content (AvgIpc) is 3.35. The second-order valence-electron chi connectivity index (χ2n) is 6.30. The molecule has 2 aromatic rings. The number of hydrogen-bond donors (Lipinski definition) is 3. The molecule has 7 heteroatoms. The van der Waals surface area contributed by atoms with E-state index in [0.717, 1.165) is 24.0 Å². The van der Waals surface area contributed by atoms with Crippen LogP contribution < -0.4 is 15.4 Å². The third-order valence-corrected chi connectivity index (χ3v) is 5.48. The topological polar surface area (TPSA) is 87.3 Å². The first-order chi connectivity index (χ1) is 11.8. The molecule has 0 bridgehead atoms. The van der Waals surface area contributed by atoms with E-state index in [4.69, 9.17) is 0 Å². The number of sulfonamides is 1. The van der Waals surface area contributed by atoms with Gasteiger partial charge in [0.2, 0.25) is 0 Å². The molecule has 0 aliphatic heterocycles. The van der Waals surface area contributed by atoms with Gasteiger partial charge in [-0.25, -0.2) is 13.2 Å². The summed E-state index contributed by atoms with van der Waals surface area (Å²) in [5.74, 6) is 0. The summed E-state index contributed by atoms with van der Waals surface area (Å²) >= 11 is 0. The van der Waals surface area contributed by atoms with Crippen molar-refractivity contribution in [1.82, 2.24) is 5.32 Å². The van der Waals surface area contributed by atoms with Gasteiger partial charge in [-0.3, -0.25) is 4.72 Å². The summed E-state index contributed by atoms with van der Waals surface area (Å²) in [5.41, 5.74) is 3.00. The highest BCUT2D eigenvalue weighted by atomic mass is 32.2. The van der Waals surface area contributed by atoms with E-state index in [9.17, 15) is 13.2 Å². The van der Waals surface area contributed by atoms with Crippen molar-refractivity contribution < 1.29 is 13.2 Å². The lowest BCUT2D eigenvalue weighted by Crippen LogP contribution is -2.30. The van der Waals surface area contributed by atoms with Crippen LogP contribution in [0.15, 0.2) is 47.4 Å². The number of anilines is 2. The molecule has 1 fully saturated rings. The number of benzene rings is 2. The summed E-state index contributed by atoms with van der Waals surface area (Å²) in [6, 6.07) is 11.6. The van der Waals surface area contributed by atoms with Gasteiger partial charge in [0.05, 0.1) is 4.90 Å². The van der Waals surface area contributed by atoms with E-state index in [1.54, 1.807) is 42.5 Å². The first kappa shape index (κ1) is 17.3. The Morgan fingerprint density at radius 1 is 0.960 bits per heavy atom. The molecule has 6 nitrogen and oxygen atoms in total. The number of carbonyl (C=O) groups is 1. The van der Waals surface area contributed by atoms with Crippen LogP contribution in [0.1, 0.15) is 24.0 Å². The van der Waals surface area contributed by atoms with Crippen LogP contribution in [0.5, 0.6) is 0 Å². The molecule has 2 aromatic carbocycles. The molecule has 0 radical (unpaired) electrons. The van der Waals surface area contributed by atoms with Gasteiger partial charge in [0.25, 0.3) is 10.0 Å². The summed E-state index contributed by atoms with van der Waals surface area (Å²) in [6.45, 7) is 3.81. The van der Waals surface area contributed by atoms with Gasteiger partial charge < -0.3 is 10.6 Å². The van der Waals surface area contributed by atoms with E-state index in [1.807, 2.05) is 13.8 Å². The Balaban J connectivity index is 1.67. The smallest absolute Gasteiger partial charge is 0.319 e. The van der Waals surface area contributed by atoms with Crippen LogP contribution in [0.3, 0.4) is 0 Å². The van der Waals surface area contributed by atoms with Crippen molar-refractivity contribution in [2.24, 2.45) is 0 Å². The van der Waals surface area contributed by atoms with E-state index >= 15 is 0 Å². The zero-order chi connectivity index (χ0) is 18.0. The average molecular weight is 359 g/mol. The summed E-state index contributed by atoms with van der Waals surface area (Å²) in [7, 11) is -3.65. The quantitative estimate of drug-likeness (QED) is 0.765. The highest BCUT2D eigenvalue weighted by molar-refractivity contribution is 7.92. The molecule has 2 amide bonds. The molecule has 25 heavy (non-hydrogen) atoms. The fourth-order valence-electron chi connectivity index (χ4n) is 2.30. The van der Waals surface area contributed by atoms with Gasteiger partial charge >= 0.3 is 6.03 Å². The Morgan fingerprint density at radius 2 is 1.60 bits per heavy atom. The lowest BCUT2D eigenvalue weighted by atomic mass is 10.1. The largest absolute Gasteiger partial charge is 0.335 e. The lowest BCUT2D eigenvalue weighted by molar-refractivity contribution is 0.251. The molecule has 3 N–H and O–H groups in total. The Morgan fingerprint density at radius 3 is 2.20 bits per heavy atom. The minimum Gasteiger partial charge on any atom is -0.335 e. The van der Waals surface area contributed by atoms with E-state index < -0.39 is 10.0 Å². The van der Waals surface area contributed by atoms with Crippen molar-refractivity contribution in [2.45, 2.75) is 37.6 Å². The van der Waals surface area contributed by atoms with E-state index in [0.29, 0.717) is 11.4 Å². The Labute approximate surface area is 147 Å². The van der Waals surface area contributed by atoms with Gasteiger partial charge in [-0.2, -0.15) is 0 Å². The maximum atomic E-state index is 12.5. The van der Waals surface area contributed by atoms with E-state index in [1.165, 1.54) is 0 Å². The number of aryl methyl sites for hydroxylation is 2. The number of rotatable bonds is 5. The summed E-state index contributed by atoms with van der Waals surface area (Å²) < 4.78 is 27.5. The summed E-state index contributed by atoms with van der Waals surface area (Å²) in [6.07, 6.45) is 2.04. The molecular formula is C18H21N3O3S. The molecule has 0 heterocycles. The molecule has 0 aromatic heterocycles. The van der Waals surface area contributed by atoms with Gasteiger partial charge in [0.15, 0.2) is 0 Å². The third-order valence-electron chi connectivity index (χ3n) is 4.10. The van der Waals surface area contributed by atoms with Crippen LogP contribution in [0.25, 0.3) is 0 Å². The molecular weight excluding hydrogens is 338 g/mol. The molecule has 1 aliphatic carbocycles. The first-order valence-corrected chi connectivity index (χ1v) is 9.59. The molecule has 0 saturated heterocycles. The third kappa shape index (κ3) is 4.51. The van der Waals surface area contributed by atoms with Gasteiger partial charge in [0.1, 0.15) is 0 Å². The molecule has 1 aliphatic rings. The van der Waals surface area contributed by atoms with Crippen LogP contribution in [0, 0.1) is 13.8 Å². The predicted molar refractivity (Wildman–Crippen MR) is 98.3 cm³/mol. The van der Waals surface area contributed by atoms with Crippen LogP contribution in [0.4, 0.5) is 16.2 Å². The number of urea groups is 1. The lowest BCUT2D eigenvalue weighted by Gasteiger charge is -2.11. The fourth-order valence-corrected chi connectivity index (χ4v) is 3.44. The monoisotopic (exact) mass is 359 g/mol. The van der Waals surface area contributed by atoms with Crippen LogP contribution in [0.2, 0.25) is 0 Å². The van der Waals surface area contributed by atoms with Crippen LogP contribution in [-0.2, 0) is 10.0 Å². The second kappa shape index (κ2) is 6.76. The van der Waals surface area contributed by atoms with Crippen molar-refractivity contribution in [3.63, 3.8) is 0 Å². The van der Waals surface area contributed by atoms with Gasteiger partial charge in [-0.1, -0.05) is 6.07 Å². The van der Waals surface area contributed by atoms with Crippen molar-refractivity contribution >= 4 is 27.4 Å². The van der Waals surface area contributed by atoms with Crippen molar-refractivity contribution in [3.05, 3.63) is 53.6 Å². The number of hydrogen-bond acceptors (Lipinski definition) is 3. The van der Waals surface area contributed by atoms with Crippen LogP contribution >= 0.6 is 0 Å². The number of amides is 2. The highest BCUT2D eigenvalue weighted by Crippen LogP contribution is 2.21. The molecule has 1 saturated carbocycles. The van der Waals surface area contributed by atoms with Crippen LogP contribution in [-0.4, -0.2) is 20.5 Å². The normalized spacial score (nSPS) is 14.0. The second-order valence-corrected chi connectivity index (χ2v) is 7.98. The number of nitrogens with one attached hydrogen (secondary N) is 3. The number of carbonyl (C=O) groups excluding carboxylic acids is 1. The molecule has 132 valence electrons. The molecule has 0 unspecified atom stereocenters. The Bertz CT molecular complexity index is 888. The summed E-state index contributed by atoms with van der Waals surface area (Å²) in [5, 5.41) is 5.55. The van der Waals surface area contributed by atoms with Gasteiger partial charge in [-0.05, 0) is 74.2 Å². The Hall–Kier alpha value is -2.54. The van der Waals surface area contributed by atoms with E-state index in [-0.39, 0.29) is 17.0 Å². The van der Waals surface area contributed by atoms with E-state index in [2.05, 4.69) is 15.4 Å². The zero-order valence-corrected chi connectivity index (χ0v) is 15.0. The first-order valence-electron chi connectivity index (χ1n) is 8.11. The fraction of sp³-hybridized carbons (Fsp3) is 0.278. The zero-order valence-electron chi connectivity index (χ0n) is 14.2. The molecule has 3 rings (SSSR count). The minimum atomic E-state index is -3.65. The maximum Gasteiger partial charge on any atom is 0.319 e. The summed E-state index contributed by atoms with van der Waals surface area (Å²) in [4.78, 5) is 11.9. The Kier molecular flexibility index (Phi) is 4.67. The SMILES string of the molecule is Cc1ccc(S(=O)(=O)Nc2ccc(NC(=O)NC3CC3)cc2)cc1C.